The first kappa shape index (κ1) is 19.6. The van der Waals surface area contributed by atoms with E-state index in [4.69, 9.17) is 0 Å². The molecular formula is C26H24N2O2. The first-order valence-corrected chi connectivity index (χ1v) is 10.1. The van der Waals surface area contributed by atoms with Crippen molar-refractivity contribution in [3.8, 4) is 11.6 Å². The van der Waals surface area contributed by atoms with E-state index in [1.807, 2.05) is 74.5 Å². The molecule has 0 aliphatic heterocycles. The average Bonchev–Trinajstić information content (AvgIpc) is 2.75. The smallest absolute Gasteiger partial charge is 0.265 e. The lowest BCUT2D eigenvalue weighted by molar-refractivity contribution is 0.436. The van der Waals surface area contributed by atoms with Crippen LogP contribution in [0.5, 0.6) is 5.88 Å². The summed E-state index contributed by atoms with van der Waals surface area (Å²) < 4.78 is 1.38. The van der Waals surface area contributed by atoms with Crippen molar-refractivity contribution in [3.05, 3.63) is 99.3 Å². The van der Waals surface area contributed by atoms with Crippen LogP contribution in [-0.4, -0.2) is 15.9 Å². The summed E-state index contributed by atoms with van der Waals surface area (Å²) in [6.07, 6.45) is 2.52. The minimum atomic E-state index is -0.249. The van der Waals surface area contributed by atoms with E-state index in [1.54, 1.807) is 12.3 Å². The van der Waals surface area contributed by atoms with Crippen LogP contribution in [0.25, 0.3) is 16.5 Å². The number of aliphatic imine (C=N–C) groups is 1. The Labute approximate surface area is 175 Å². The van der Waals surface area contributed by atoms with Gasteiger partial charge in [-0.15, -0.1) is 0 Å². The predicted molar refractivity (Wildman–Crippen MR) is 124 cm³/mol. The lowest BCUT2D eigenvalue weighted by atomic mass is 10.1. The van der Waals surface area contributed by atoms with Crippen LogP contribution in [0.2, 0.25) is 0 Å². The molecule has 0 radical (unpaired) electrons. The van der Waals surface area contributed by atoms with Crippen molar-refractivity contribution < 1.29 is 5.11 Å². The fraction of sp³-hybridized carbons (Fsp3) is 0.154. The second kappa shape index (κ2) is 7.99. The van der Waals surface area contributed by atoms with Crippen molar-refractivity contribution in [2.24, 2.45) is 4.99 Å². The van der Waals surface area contributed by atoms with E-state index in [2.05, 4.69) is 11.9 Å². The van der Waals surface area contributed by atoms with Gasteiger partial charge in [0.25, 0.3) is 5.56 Å². The van der Waals surface area contributed by atoms with E-state index in [0.29, 0.717) is 22.0 Å². The number of hydrogen-bond donors (Lipinski definition) is 1. The number of benzene rings is 3. The molecule has 0 bridgehead atoms. The molecule has 30 heavy (non-hydrogen) atoms. The van der Waals surface area contributed by atoms with Gasteiger partial charge in [0.05, 0.1) is 16.9 Å². The monoisotopic (exact) mass is 396 g/mol. The highest BCUT2D eigenvalue weighted by atomic mass is 16.3. The van der Waals surface area contributed by atoms with Gasteiger partial charge in [-0.05, 0) is 49.6 Å². The van der Waals surface area contributed by atoms with Gasteiger partial charge in [0.2, 0.25) is 5.88 Å². The van der Waals surface area contributed by atoms with Crippen LogP contribution in [0, 0.1) is 13.8 Å². The van der Waals surface area contributed by atoms with Gasteiger partial charge in [-0.3, -0.25) is 9.79 Å². The molecule has 1 aromatic heterocycles. The molecule has 0 spiro atoms. The maximum Gasteiger partial charge on any atom is 0.265 e. The van der Waals surface area contributed by atoms with Gasteiger partial charge < -0.3 is 5.11 Å². The Hall–Kier alpha value is -3.66. The van der Waals surface area contributed by atoms with E-state index < -0.39 is 0 Å². The van der Waals surface area contributed by atoms with E-state index >= 15 is 0 Å². The molecule has 0 saturated heterocycles. The summed E-state index contributed by atoms with van der Waals surface area (Å²) in [4.78, 5) is 17.9. The zero-order chi connectivity index (χ0) is 21.3. The quantitative estimate of drug-likeness (QED) is 0.455. The van der Waals surface area contributed by atoms with E-state index in [1.165, 1.54) is 4.57 Å². The maximum absolute atomic E-state index is 13.3. The van der Waals surface area contributed by atoms with Crippen LogP contribution in [0.4, 0.5) is 5.69 Å². The molecule has 0 aliphatic rings. The van der Waals surface area contributed by atoms with Gasteiger partial charge in [-0.2, -0.15) is 0 Å². The summed E-state index contributed by atoms with van der Waals surface area (Å²) in [5.41, 5.74) is 4.94. The molecule has 0 amide bonds. The van der Waals surface area contributed by atoms with Gasteiger partial charge in [-0.25, -0.2) is 4.57 Å². The Balaban J connectivity index is 2.00. The molecule has 4 nitrogen and oxygen atoms in total. The number of aryl methyl sites for hydroxylation is 3. The molecule has 150 valence electrons. The van der Waals surface area contributed by atoms with E-state index in [0.717, 1.165) is 28.8 Å². The summed E-state index contributed by atoms with van der Waals surface area (Å²) in [5, 5.41) is 12.4. The van der Waals surface area contributed by atoms with Gasteiger partial charge in [0.1, 0.15) is 0 Å². The summed E-state index contributed by atoms with van der Waals surface area (Å²) in [6.45, 7) is 6.03. The number of nitrogens with zero attached hydrogens (tertiary/aromatic N) is 2. The normalized spacial score (nSPS) is 11.4. The number of aromatic hydroxyl groups is 1. The maximum atomic E-state index is 13.3. The molecule has 0 atom stereocenters. The van der Waals surface area contributed by atoms with Crippen molar-refractivity contribution >= 4 is 22.7 Å². The highest BCUT2D eigenvalue weighted by Crippen LogP contribution is 2.28. The minimum absolute atomic E-state index is 0.108. The van der Waals surface area contributed by atoms with Crippen LogP contribution in [0.1, 0.15) is 29.2 Å². The number of pyridine rings is 1. The van der Waals surface area contributed by atoms with E-state index in [-0.39, 0.29) is 11.4 Å². The molecule has 0 aliphatic carbocycles. The molecular weight excluding hydrogens is 372 g/mol. The molecule has 3 aromatic carbocycles. The fourth-order valence-corrected chi connectivity index (χ4v) is 3.84. The van der Waals surface area contributed by atoms with Crippen LogP contribution < -0.4 is 5.56 Å². The standard InChI is InChI=1S/C26H24N2O2/c1-4-19-9-5-8-12-23(19)27-16-22-20-10-6-7-11-21(20)25(29)28(26(22)30)24-14-13-17(2)15-18(24)3/h5-16,30H,4H2,1-3H3. The number of fused-ring (bicyclic) bond motifs is 1. The van der Waals surface area contributed by atoms with Crippen molar-refractivity contribution in [2.75, 3.05) is 0 Å². The largest absolute Gasteiger partial charge is 0.494 e. The second-order valence-electron chi connectivity index (χ2n) is 7.45. The van der Waals surface area contributed by atoms with Crippen LogP contribution in [0.15, 0.2) is 76.5 Å². The number of aromatic nitrogens is 1. The number of hydrogen-bond acceptors (Lipinski definition) is 3. The first-order valence-electron chi connectivity index (χ1n) is 10.1. The van der Waals surface area contributed by atoms with Gasteiger partial charge in [0, 0.05) is 17.0 Å². The Morgan fingerprint density at radius 3 is 2.40 bits per heavy atom. The second-order valence-corrected chi connectivity index (χ2v) is 7.45. The lowest BCUT2D eigenvalue weighted by Gasteiger charge is -2.16. The fourth-order valence-electron chi connectivity index (χ4n) is 3.84. The highest BCUT2D eigenvalue weighted by molar-refractivity contribution is 6.02. The topological polar surface area (TPSA) is 54.6 Å². The molecule has 1 heterocycles. The molecule has 1 N–H and O–H groups in total. The molecule has 0 saturated carbocycles. The molecule has 4 rings (SSSR count). The third-order valence-corrected chi connectivity index (χ3v) is 5.40. The SMILES string of the molecule is CCc1ccccc1N=Cc1c(O)n(-c2ccc(C)cc2C)c(=O)c2ccccc12. The summed E-state index contributed by atoms with van der Waals surface area (Å²) in [6, 6.07) is 21.1. The molecule has 4 aromatic rings. The number of rotatable bonds is 4. The average molecular weight is 396 g/mol. The highest BCUT2D eigenvalue weighted by Gasteiger charge is 2.17. The van der Waals surface area contributed by atoms with Crippen molar-refractivity contribution in [2.45, 2.75) is 27.2 Å². The Bertz CT molecular complexity index is 1330. The lowest BCUT2D eigenvalue weighted by Crippen LogP contribution is -2.21. The van der Waals surface area contributed by atoms with Crippen LogP contribution in [0.3, 0.4) is 0 Å². The Morgan fingerprint density at radius 2 is 1.67 bits per heavy atom. The molecule has 0 fully saturated rings. The van der Waals surface area contributed by atoms with Crippen molar-refractivity contribution in [1.82, 2.24) is 4.57 Å². The summed E-state index contributed by atoms with van der Waals surface area (Å²) in [5.74, 6) is -0.108. The third-order valence-electron chi connectivity index (χ3n) is 5.40. The Morgan fingerprint density at radius 1 is 0.967 bits per heavy atom. The third kappa shape index (κ3) is 3.41. The molecule has 4 heteroatoms. The zero-order valence-corrected chi connectivity index (χ0v) is 17.4. The van der Waals surface area contributed by atoms with Crippen LogP contribution in [-0.2, 0) is 6.42 Å². The van der Waals surface area contributed by atoms with Crippen molar-refractivity contribution in [3.63, 3.8) is 0 Å². The van der Waals surface area contributed by atoms with Gasteiger partial charge in [0.15, 0.2) is 0 Å². The summed E-state index contributed by atoms with van der Waals surface area (Å²) >= 11 is 0. The van der Waals surface area contributed by atoms with Gasteiger partial charge >= 0.3 is 0 Å². The predicted octanol–water partition coefficient (Wildman–Crippen LogP) is 5.63. The number of para-hydroxylation sites is 1. The van der Waals surface area contributed by atoms with Gasteiger partial charge in [-0.1, -0.05) is 61.0 Å². The molecule has 0 unspecified atom stereocenters. The zero-order valence-electron chi connectivity index (χ0n) is 17.4. The summed E-state index contributed by atoms with van der Waals surface area (Å²) in [7, 11) is 0. The van der Waals surface area contributed by atoms with Crippen molar-refractivity contribution in [1.29, 1.82) is 0 Å². The minimum Gasteiger partial charge on any atom is -0.494 e. The first-order chi connectivity index (χ1) is 14.5. The van der Waals surface area contributed by atoms with E-state index in [9.17, 15) is 9.90 Å². The van der Waals surface area contributed by atoms with Crippen LogP contribution >= 0.6 is 0 Å². The Kier molecular flexibility index (Phi) is 5.23.